The summed E-state index contributed by atoms with van der Waals surface area (Å²) in [6, 6.07) is 3.01. The van der Waals surface area contributed by atoms with E-state index in [-0.39, 0.29) is 30.2 Å². The Morgan fingerprint density at radius 2 is 2.35 bits per heavy atom. The van der Waals surface area contributed by atoms with E-state index in [1.165, 1.54) is 11.2 Å². The SMILES string of the molecule is CC(NC(=O)CN(C)C(=O)c1ccco1)c1cn[nH]c1. The van der Waals surface area contributed by atoms with Crippen LogP contribution in [0.25, 0.3) is 0 Å². The molecule has 0 aliphatic heterocycles. The lowest BCUT2D eigenvalue weighted by atomic mass is 10.2. The average Bonchev–Trinajstić information content (AvgIpc) is 3.10. The molecule has 0 aliphatic carbocycles. The molecular weight excluding hydrogens is 260 g/mol. The molecule has 0 spiro atoms. The fourth-order valence-corrected chi connectivity index (χ4v) is 1.74. The van der Waals surface area contributed by atoms with Crippen molar-refractivity contribution in [2.45, 2.75) is 13.0 Å². The summed E-state index contributed by atoms with van der Waals surface area (Å²) in [7, 11) is 1.55. The van der Waals surface area contributed by atoms with Gasteiger partial charge < -0.3 is 14.6 Å². The summed E-state index contributed by atoms with van der Waals surface area (Å²) in [6.45, 7) is 1.80. The number of aromatic amines is 1. The molecule has 20 heavy (non-hydrogen) atoms. The fourth-order valence-electron chi connectivity index (χ4n) is 1.74. The number of hydrogen-bond donors (Lipinski definition) is 2. The van der Waals surface area contributed by atoms with Crippen LogP contribution >= 0.6 is 0 Å². The Kier molecular flexibility index (Phi) is 4.19. The molecule has 2 rings (SSSR count). The minimum absolute atomic E-state index is 0.0400. The lowest BCUT2D eigenvalue weighted by Crippen LogP contribution is -2.39. The quantitative estimate of drug-likeness (QED) is 0.850. The summed E-state index contributed by atoms with van der Waals surface area (Å²) in [5, 5.41) is 9.29. The van der Waals surface area contributed by atoms with Gasteiger partial charge in [-0.05, 0) is 19.1 Å². The van der Waals surface area contributed by atoms with Crippen molar-refractivity contribution < 1.29 is 14.0 Å². The van der Waals surface area contributed by atoms with Crippen molar-refractivity contribution >= 4 is 11.8 Å². The monoisotopic (exact) mass is 276 g/mol. The molecule has 0 aliphatic rings. The zero-order valence-corrected chi connectivity index (χ0v) is 11.3. The molecule has 1 unspecified atom stereocenters. The van der Waals surface area contributed by atoms with Gasteiger partial charge in [0, 0.05) is 18.8 Å². The Balaban J connectivity index is 1.86. The molecular formula is C13H16N4O3. The van der Waals surface area contributed by atoms with Gasteiger partial charge in [0.05, 0.1) is 25.0 Å². The standard InChI is InChI=1S/C13H16N4O3/c1-9(10-6-14-15-7-10)16-12(18)8-17(2)13(19)11-4-3-5-20-11/h3-7,9H,8H2,1-2H3,(H,14,15)(H,16,18). The molecule has 2 aromatic heterocycles. The van der Waals surface area contributed by atoms with Gasteiger partial charge in [-0.1, -0.05) is 0 Å². The third-order valence-corrected chi connectivity index (χ3v) is 2.86. The van der Waals surface area contributed by atoms with Gasteiger partial charge in [-0.2, -0.15) is 5.10 Å². The summed E-state index contributed by atoms with van der Waals surface area (Å²) in [5.74, 6) is -0.370. The van der Waals surface area contributed by atoms with E-state index in [0.717, 1.165) is 5.56 Å². The van der Waals surface area contributed by atoms with Crippen molar-refractivity contribution in [3.05, 3.63) is 42.1 Å². The van der Waals surface area contributed by atoms with Crippen molar-refractivity contribution in [3.63, 3.8) is 0 Å². The van der Waals surface area contributed by atoms with Crippen LogP contribution in [-0.4, -0.2) is 40.5 Å². The molecule has 0 fully saturated rings. The maximum Gasteiger partial charge on any atom is 0.289 e. The van der Waals surface area contributed by atoms with Crippen LogP contribution in [0.5, 0.6) is 0 Å². The molecule has 2 N–H and O–H groups in total. The highest BCUT2D eigenvalue weighted by atomic mass is 16.3. The Morgan fingerprint density at radius 3 is 2.95 bits per heavy atom. The zero-order chi connectivity index (χ0) is 14.5. The highest BCUT2D eigenvalue weighted by Crippen LogP contribution is 2.09. The Hall–Kier alpha value is -2.57. The van der Waals surface area contributed by atoms with Crippen molar-refractivity contribution in [3.8, 4) is 0 Å². The van der Waals surface area contributed by atoms with Gasteiger partial charge in [0.25, 0.3) is 5.91 Å². The molecule has 2 aromatic rings. The summed E-state index contributed by atoms with van der Waals surface area (Å²) in [6.07, 6.45) is 4.77. The fraction of sp³-hybridized carbons (Fsp3) is 0.308. The summed E-state index contributed by atoms with van der Waals surface area (Å²) < 4.78 is 5.00. The van der Waals surface area contributed by atoms with E-state index in [1.54, 1.807) is 31.6 Å². The molecule has 0 saturated carbocycles. The number of rotatable bonds is 5. The van der Waals surface area contributed by atoms with Crippen molar-refractivity contribution in [2.24, 2.45) is 0 Å². The predicted molar refractivity (Wildman–Crippen MR) is 70.8 cm³/mol. The lowest BCUT2D eigenvalue weighted by Gasteiger charge is -2.17. The molecule has 1 atom stereocenters. The average molecular weight is 276 g/mol. The van der Waals surface area contributed by atoms with E-state index in [4.69, 9.17) is 4.42 Å². The van der Waals surface area contributed by atoms with Crippen molar-refractivity contribution in [2.75, 3.05) is 13.6 Å². The highest BCUT2D eigenvalue weighted by Gasteiger charge is 2.18. The number of nitrogens with one attached hydrogen (secondary N) is 2. The molecule has 0 saturated heterocycles. The Morgan fingerprint density at radius 1 is 1.55 bits per heavy atom. The van der Waals surface area contributed by atoms with Gasteiger partial charge in [0.15, 0.2) is 5.76 Å². The van der Waals surface area contributed by atoms with E-state index < -0.39 is 0 Å². The van der Waals surface area contributed by atoms with E-state index in [2.05, 4.69) is 15.5 Å². The predicted octanol–water partition coefficient (Wildman–Crippen LogP) is 0.952. The number of furan rings is 1. The first-order chi connectivity index (χ1) is 9.58. The van der Waals surface area contributed by atoms with Gasteiger partial charge in [0.2, 0.25) is 5.91 Å². The van der Waals surface area contributed by atoms with Gasteiger partial charge in [-0.3, -0.25) is 14.7 Å². The third kappa shape index (κ3) is 3.25. The molecule has 0 aromatic carbocycles. The maximum atomic E-state index is 11.9. The molecule has 7 heteroatoms. The van der Waals surface area contributed by atoms with Gasteiger partial charge in [-0.15, -0.1) is 0 Å². The van der Waals surface area contributed by atoms with Gasteiger partial charge in [0.1, 0.15) is 0 Å². The molecule has 106 valence electrons. The van der Waals surface area contributed by atoms with Crippen molar-refractivity contribution in [1.82, 2.24) is 20.4 Å². The lowest BCUT2D eigenvalue weighted by molar-refractivity contribution is -0.122. The molecule has 2 heterocycles. The van der Waals surface area contributed by atoms with Crippen LogP contribution in [0.15, 0.2) is 35.2 Å². The van der Waals surface area contributed by atoms with Crippen LogP contribution in [0, 0.1) is 0 Å². The third-order valence-electron chi connectivity index (χ3n) is 2.86. The number of aromatic nitrogens is 2. The van der Waals surface area contributed by atoms with Crippen LogP contribution in [0.4, 0.5) is 0 Å². The zero-order valence-electron chi connectivity index (χ0n) is 11.3. The molecule has 7 nitrogen and oxygen atoms in total. The van der Waals surface area contributed by atoms with Gasteiger partial charge in [-0.25, -0.2) is 0 Å². The number of carbonyl (C=O) groups is 2. The Bertz CT molecular complexity index is 562. The van der Waals surface area contributed by atoms with Crippen LogP contribution < -0.4 is 5.32 Å². The van der Waals surface area contributed by atoms with E-state index >= 15 is 0 Å². The highest BCUT2D eigenvalue weighted by molar-refractivity contribution is 5.94. The first-order valence-electron chi connectivity index (χ1n) is 6.15. The minimum Gasteiger partial charge on any atom is -0.459 e. The Labute approximate surface area is 116 Å². The van der Waals surface area contributed by atoms with E-state index in [9.17, 15) is 9.59 Å². The van der Waals surface area contributed by atoms with Crippen LogP contribution in [0.2, 0.25) is 0 Å². The topological polar surface area (TPSA) is 91.2 Å². The number of carbonyl (C=O) groups excluding carboxylic acids is 2. The van der Waals surface area contributed by atoms with Gasteiger partial charge >= 0.3 is 0 Å². The summed E-state index contributed by atoms with van der Waals surface area (Å²) >= 11 is 0. The van der Waals surface area contributed by atoms with Crippen LogP contribution in [0.3, 0.4) is 0 Å². The number of nitrogens with zero attached hydrogens (tertiary/aromatic N) is 2. The number of amides is 2. The van der Waals surface area contributed by atoms with Crippen LogP contribution in [-0.2, 0) is 4.79 Å². The smallest absolute Gasteiger partial charge is 0.289 e. The number of H-pyrrole nitrogens is 1. The molecule has 2 amide bonds. The molecule has 0 bridgehead atoms. The number of hydrogen-bond acceptors (Lipinski definition) is 4. The first kappa shape index (κ1) is 13.9. The maximum absolute atomic E-state index is 11.9. The summed E-state index contributed by atoms with van der Waals surface area (Å²) in [5.41, 5.74) is 0.873. The normalized spacial score (nSPS) is 11.9. The molecule has 0 radical (unpaired) electrons. The number of likely N-dealkylation sites (N-methyl/N-ethyl adjacent to an activating group) is 1. The largest absolute Gasteiger partial charge is 0.459 e. The minimum atomic E-state index is -0.332. The van der Waals surface area contributed by atoms with Crippen LogP contribution in [0.1, 0.15) is 29.1 Å². The summed E-state index contributed by atoms with van der Waals surface area (Å²) in [4.78, 5) is 25.1. The second kappa shape index (κ2) is 6.05. The second-order valence-corrected chi connectivity index (χ2v) is 4.46. The van der Waals surface area contributed by atoms with E-state index in [0.29, 0.717) is 0 Å². The first-order valence-corrected chi connectivity index (χ1v) is 6.15. The second-order valence-electron chi connectivity index (χ2n) is 4.46. The van der Waals surface area contributed by atoms with Crippen molar-refractivity contribution in [1.29, 1.82) is 0 Å². The van der Waals surface area contributed by atoms with E-state index in [1.807, 2.05) is 6.92 Å².